The molecule has 4 rings (SSSR count). The van der Waals surface area contributed by atoms with Crippen molar-refractivity contribution in [2.45, 2.75) is 13.0 Å². The van der Waals surface area contributed by atoms with Crippen molar-refractivity contribution in [2.75, 3.05) is 12.4 Å². The van der Waals surface area contributed by atoms with E-state index in [2.05, 4.69) is 15.3 Å². The van der Waals surface area contributed by atoms with E-state index in [9.17, 15) is 9.59 Å². The molecule has 7 heteroatoms. The van der Waals surface area contributed by atoms with Crippen LogP contribution in [0.5, 0.6) is 5.75 Å². The molecule has 0 fully saturated rings. The van der Waals surface area contributed by atoms with Crippen LogP contribution in [0.3, 0.4) is 0 Å². The third-order valence-corrected chi connectivity index (χ3v) is 4.78. The highest BCUT2D eigenvalue weighted by Crippen LogP contribution is 2.23. The first-order valence-electron chi connectivity index (χ1n) is 9.74. The summed E-state index contributed by atoms with van der Waals surface area (Å²) < 4.78 is 10.5. The first-order valence-corrected chi connectivity index (χ1v) is 9.74. The van der Waals surface area contributed by atoms with Gasteiger partial charge in [-0.25, -0.2) is 9.78 Å². The van der Waals surface area contributed by atoms with E-state index in [1.165, 1.54) is 6.92 Å². The fourth-order valence-electron chi connectivity index (χ4n) is 3.07. The summed E-state index contributed by atoms with van der Waals surface area (Å²) in [6, 6.07) is 21.5. The van der Waals surface area contributed by atoms with E-state index < -0.39 is 18.0 Å². The lowest BCUT2D eigenvalue weighted by Gasteiger charge is -2.13. The molecular weight excluding hydrogens is 394 g/mol. The van der Waals surface area contributed by atoms with Crippen LogP contribution in [0.1, 0.15) is 17.3 Å². The highest BCUT2D eigenvalue weighted by atomic mass is 16.5. The third kappa shape index (κ3) is 4.56. The van der Waals surface area contributed by atoms with Crippen LogP contribution in [0.4, 0.5) is 5.69 Å². The second-order valence-electron chi connectivity index (χ2n) is 6.95. The average molecular weight is 415 g/mol. The number of aromatic amines is 1. The Hall–Kier alpha value is -4.13. The molecule has 1 atom stereocenters. The Morgan fingerprint density at radius 3 is 2.45 bits per heavy atom. The zero-order chi connectivity index (χ0) is 21.8. The van der Waals surface area contributed by atoms with E-state index in [1.54, 1.807) is 37.4 Å². The van der Waals surface area contributed by atoms with Gasteiger partial charge in [0.25, 0.3) is 5.91 Å². The van der Waals surface area contributed by atoms with Gasteiger partial charge in [0.15, 0.2) is 6.10 Å². The molecule has 3 aromatic carbocycles. The summed E-state index contributed by atoms with van der Waals surface area (Å²) in [5, 5.41) is 2.72. The number of amides is 1. The molecule has 4 aromatic rings. The largest absolute Gasteiger partial charge is 0.497 e. The number of nitrogens with one attached hydrogen (secondary N) is 2. The van der Waals surface area contributed by atoms with Gasteiger partial charge in [-0.05, 0) is 61.5 Å². The maximum Gasteiger partial charge on any atom is 0.338 e. The van der Waals surface area contributed by atoms with Crippen LogP contribution in [0.25, 0.3) is 22.4 Å². The van der Waals surface area contributed by atoms with Gasteiger partial charge in [0.2, 0.25) is 0 Å². The molecule has 0 aliphatic heterocycles. The third-order valence-electron chi connectivity index (χ3n) is 4.78. The van der Waals surface area contributed by atoms with E-state index in [0.29, 0.717) is 22.6 Å². The molecule has 7 nitrogen and oxygen atoms in total. The number of hydrogen-bond acceptors (Lipinski definition) is 5. The monoisotopic (exact) mass is 415 g/mol. The molecule has 0 aliphatic rings. The van der Waals surface area contributed by atoms with Crippen molar-refractivity contribution < 1.29 is 19.1 Å². The minimum absolute atomic E-state index is 0.330. The number of esters is 1. The Bertz CT molecular complexity index is 1220. The van der Waals surface area contributed by atoms with Crippen molar-refractivity contribution in [3.63, 3.8) is 0 Å². The number of benzene rings is 3. The number of fused-ring (bicyclic) bond motifs is 1. The number of ether oxygens (including phenoxy) is 2. The predicted molar refractivity (Wildman–Crippen MR) is 118 cm³/mol. The molecule has 0 saturated heterocycles. The molecule has 1 unspecified atom stereocenters. The van der Waals surface area contributed by atoms with E-state index in [4.69, 9.17) is 9.47 Å². The molecular formula is C24H21N3O4. The number of methoxy groups -OCH3 is 1. The van der Waals surface area contributed by atoms with Crippen molar-refractivity contribution in [2.24, 2.45) is 0 Å². The molecule has 0 bridgehead atoms. The topological polar surface area (TPSA) is 93.3 Å². The van der Waals surface area contributed by atoms with Gasteiger partial charge in [-0.2, -0.15) is 0 Å². The molecule has 0 radical (unpaired) electrons. The minimum atomic E-state index is -0.944. The Morgan fingerprint density at radius 2 is 1.74 bits per heavy atom. The summed E-state index contributed by atoms with van der Waals surface area (Å²) in [4.78, 5) is 32.6. The number of imidazole rings is 1. The van der Waals surface area contributed by atoms with E-state index in [1.807, 2.05) is 42.5 Å². The Labute approximate surface area is 179 Å². The molecule has 0 spiro atoms. The lowest BCUT2D eigenvalue weighted by molar-refractivity contribution is -0.123. The normalized spacial score (nSPS) is 11.7. The number of aromatic nitrogens is 2. The second kappa shape index (κ2) is 8.71. The van der Waals surface area contributed by atoms with Crippen LogP contribution in [0.15, 0.2) is 72.8 Å². The fourth-order valence-corrected chi connectivity index (χ4v) is 3.07. The predicted octanol–water partition coefficient (Wildman–Crippen LogP) is 4.42. The van der Waals surface area contributed by atoms with E-state index >= 15 is 0 Å². The summed E-state index contributed by atoms with van der Waals surface area (Å²) >= 11 is 0. The molecule has 1 amide bonds. The number of hydrogen-bond donors (Lipinski definition) is 2. The van der Waals surface area contributed by atoms with Crippen LogP contribution < -0.4 is 10.1 Å². The van der Waals surface area contributed by atoms with Crippen LogP contribution in [0.2, 0.25) is 0 Å². The van der Waals surface area contributed by atoms with Crippen molar-refractivity contribution >= 4 is 28.6 Å². The van der Waals surface area contributed by atoms with Gasteiger partial charge in [-0.15, -0.1) is 0 Å². The number of carbonyl (C=O) groups excluding carboxylic acids is 2. The second-order valence-corrected chi connectivity index (χ2v) is 6.95. The van der Waals surface area contributed by atoms with Crippen LogP contribution >= 0.6 is 0 Å². The summed E-state index contributed by atoms with van der Waals surface area (Å²) in [6.45, 7) is 1.53. The highest BCUT2D eigenvalue weighted by molar-refractivity contribution is 5.98. The van der Waals surface area contributed by atoms with Gasteiger partial charge in [-0.3, -0.25) is 4.79 Å². The smallest absolute Gasteiger partial charge is 0.338 e. The maximum atomic E-state index is 12.6. The van der Waals surface area contributed by atoms with Crippen molar-refractivity contribution in [1.29, 1.82) is 0 Å². The number of para-hydroxylation sites is 1. The van der Waals surface area contributed by atoms with Gasteiger partial charge < -0.3 is 19.8 Å². The van der Waals surface area contributed by atoms with Gasteiger partial charge >= 0.3 is 5.97 Å². The fraction of sp³-hybridized carbons (Fsp3) is 0.125. The molecule has 0 aliphatic carbocycles. The highest BCUT2D eigenvalue weighted by Gasteiger charge is 2.19. The summed E-state index contributed by atoms with van der Waals surface area (Å²) in [7, 11) is 1.61. The molecule has 1 heterocycles. The van der Waals surface area contributed by atoms with Crippen LogP contribution in [-0.4, -0.2) is 35.1 Å². The Morgan fingerprint density at radius 1 is 1.00 bits per heavy atom. The first-order chi connectivity index (χ1) is 15.0. The number of nitrogens with zero attached hydrogens (tertiary/aromatic N) is 1. The summed E-state index contributed by atoms with van der Waals surface area (Å²) in [5.74, 6) is 0.455. The van der Waals surface area contributed by atoms with Crippen molar-refractivity contribution in [3.8, 4) is 17.1 Å². The number of H-pyrrole nitrogens is 1. The molecule has 0 saturated carbocycles. The quantitative estimate of drug-likeness (QED) is 0.455. The van der Waals surface area contributed by atoms with Crippen LogP contribution in [-0.2, 0) is 9.53 Å². The lowest BCUT2D eigenvalue weighted by Crippen LogP contribution is -2.29. The standard InChI is InChI=1S/C24H21N3O4/c1-15(23(28)25-18-6-4-3-5-7-18)31-24(29)17-10-13-20-21(14-17)27-22(26-20)16-8-11-19(30-2)12-9-16/h3-15H,1-2H3,(H,25,28)(H,26,27). The zero-order valence-electron chi connectivity index (χ0n) is 17.1. The van der Waals surface area contributed by atoms with Gasteiger partial charge in [-0.1, -0.05) is 18.2 Å². The van der Waals surface area contributed by atoms with Crippen molar-refractivity contribution in [3.05, 3.63) is 78.4 Å². The van der Waals surface area contributed by atoms with Crippen molar-refractivity contribution in [1.82, 2.24) is 9.97 Å². The molecule has 31 heavy (non-hydrogen) atoms. The zero-order valence-corrected chi connectivity index (χ0v) is 17.1. The Kier molecular flexibility index (Phi) is 5.66. The summed E-state index contributed by atoms with van der Waals surface area (Å²) in [6.07, 6.45) is -0.944. The minimum Gasteiger partial charge on any atom is -0.497 e. The van der Waals surface area contributed by atoms with Crippen LogP contribution in [0, 0.1) is 0 Å². The Balaban J connectivity index is 1.47. The van der Waals surface area contributed by atoms with Gasteiger partial charge in [0, 0.05) is 11.3 Å². The number of carbonyl (C=O) groups is 2. The van der Waals surface area contributed by atoms with Gasteiger partial charge in [0.1, 0.15) is 11.6 Å². The molecule has 1 aromatic heterocycles. The SMILES string of the molecule is COc1ccc(-c2nc3ccc(C(=O)OC(C)C(=O)Nc4ccccc4)cc3[nH]2)cc1. The molecule has 156 valence electrons. The van der Waals surface area contributed by atoms with E-state index in [-0.39, 0.29) is 0 Å². The first kappa shape index (κ1) is 20.2. The maximum absolute atomic E-state index is 12.6. The number of rotatable bonds is 6. The average Bonchev–Trinajstić information content (AvgIpc) is 3.23. The summed E-state index contributed by atoms with van der Waals surface area (Å²) in [5.41, 5.74) is 3.28. The number of anilines is 1. The molecule has 2 N–H and O–H groups in total. The van der Waals surface area contributed by atoms with Gasteiger partial charge in [0.05, 0.1) is 23.7 Å². The lowest BCUT2D eigenvalue weighted by atomic mass is 10.2. The van der Waals surface area contributed by atoms with E-state index in [0.717, 1.165) is 16.8 Å².